The van der Waals surface area contributed by atoms with Crippen LogP contribution in [0.5, 0.6) is 0 Å². The smallest absolute Gasteiger partial charge is 0.141 e. The lowest BCUT2D eigenvalue weighted by Crippen LogP contribution is -2.02. The van der Waals surface area contributed by atoms with E-state index < -0.39 is 16.6 Å². The zero-order chi connectivity index (χ0) is 13.8. The predicted molar refractivity (Wildman–Crippen MR) is 72.1 cm³/mol. The lowest BCUT2D eigenvalue weighted by Gasteiger charge is -2.06. The third-order valence-electron chi connectivity index (χ3n) is 2.63. The van der Waals surface area contributed by atoms with Crippen LogP contribution in [0.4, 0.5) is 10.1 Å². The van der Waals surface area contributed by atoms with Crippen LogP contribution in [0.2, 0.25) is 0 Å². The molecule has 0 saturated carbocycles. The number of rotatable bonds is 3. The van der Waals surface area contributed by atoms with Gasteiger partial charge in [-0.2, -0.15) is 5.26 Å². The number of benzene rings is 2. The van der Waals surface area contributed by atoms with E-state index in [1.807, 2.05) is 6.07 Å². The van der Waals surface area contributed by atoms with Crippen molar-refractivity contribution in [3.63, 3.8) is 0 Å². The SMILES string of the molecule is N#Cc1ccccc1CS(=O)c1ccc(N)cc1F. The molecule has 2 rings (SSSR count). The average Bonchev–Trinajstić information content (AvgIpc) is 2.39. The van der Waals surface area contributed by atoms with Crippen molar-refractivity contribution in [1.29, 1.82) is 5.26 Å². The quantitative estimate of drug-likeness (QED) is 0.875. The summed E-state index contributed by atoms with van der Waals surface area (Å²) in [6, 6.07) is 12.9. The fraction of sp³-hybridized carbons (Fsp3) is 0.0714. The van der Waals surface area contributed by atoms with Crippen LogP contribution in [0.1, 0.15) is 11.1 Å². The first-order valence-electron chi connectivity index (χ1n) is 5.53. The Hall–Kier alpha value is -2.19. The summed E-state index contributed by atoms with van der Waals surface area (Å²) in [5.41, 5.74) is 6.82. The number of hydrogen-bond acceptors (Lipinski definition) is 3. The van der Waals surface area contributed by atoms with E-state index >= 15 is 0 Å². The van der Waals surface area contributed by atoms with Crippen LogP contribution in [-0.2, 0) is 16.6 Å². The van der Waals surface area contributed by atoms with E-state index in [9.17, 15) is 8.60 Å². The largest absolute Gasteiger partial charge is 0.399 e. The molecule has 0 heterocycles. The topological polar surface area (TPSA) is 66.9 Å². The maximum atomic E-state index is 13.6. The van der Waals surface area contributed by atoms with E-state index in [4.69, 9.17) is 11.0 Å². The maximum absolute atomic E-state index is 13.6. The third-order valence-corrected chi connectivity index (χ3v) is 4.02. The highest BCUT2D eigenvalue weighted by Crippen LogP contribution is 2.19. The van der Waals surface area contributed by atoms with Gasteiger partial charge in [-0.25, -0.2) is 4.39 Å². The van der Waals surface area contributed by atoms with Crippen LogP contribution in [0.15, 0.2) is 47.4 Å². The number of nitrogens with two attached hydrogens (primary N) is 1. The monoisotopic (exact) mass is 274 g/mol. The van der Waals surface area contributed by atoms with Gasteiger partial charge in [0, 0.05) is 5.69 Å². The first-order chi connectivity index (χ1) is 9.11. The summed E-state index contributed by atoms with van der Waals surface area (Å²) >= 11 is 0. The summed E-state index contributed by atoms with van der Waals surface area (Å²) in [6.07, 6.45) is 0. The second-order valence-corrected chi connectivity index (χ2v) is 5.37. The van der Waals surface area contributed by atoms with Gasteiger partial charge in [0.2, 0.25) is 0 Å². The van der Waals surface area contributed by atoms with E-state index in [-0.39, 0.29) is 16.3 Å². The molecule has 2 aromatic rings. The van der Waals surface area contributed by atoms with Crippen molar-refractivity contribution in [2.45, 2.75) is 10.6 Å². The lowest BCUT2D eigenvalue weighted by atomic mass is 10.1. The number of halogens is 1. The van der Waals surface area contributed by atoms with Gasteiger partial charge in [-0.3, -0.25) is 4.21 Å². The molecule has 2 N–H and O–H groups in total. The molecule has 1 atom stereocenters. The number of nitriles is 1. The van der Waals surface area contributed by atoms with Gasteiger partial charge in [0.25, 0.3) is 0 Å². The molecular weight excluding hydrogens is 263 g/mol. The molecule has 0 saturated heterocycles. The molecule has 0 bridgehead atoms. The van der Waals surface area contributed by atoms with Crippen molar-refractivity contribution >= 4 is 16.5 Å². The Morgan fingerprint density at radius 1 is 1.26 bits per heavy atom. The molecule has 0 fully saturated rings. The number of anilines is 1. The lowest BCUT2D eigenvalue weighted by molar-refractivity contribution is 0.596. The van der Waals surface area contributed by atoms with Crippen LogP contribution in [0.25, 0.3) is 0 Å². The molecule has 5 heteroatoms. The minimum atomic E-state index is -1.55. The molecule has 0 aliphatic heterocycles. The Morgan fingerprint density at radius 2 is 2.00 bits per heavy atom. The molecule has 0 spiro atoms. The van der Waals surface area contributed by atoms with Crippen LogP contribution < -0.4 is 5.73 Å². The Labute approximate surface area is 112 Å². The van der Waals surface area contributed by atoms with Crippen molar-refractivity contribution in [3.05, 3.63) is 59.4 Å². The molecule has 3 nitrogen and oxygen atoms in total. The average molecular weight is 274 g/mol. The Balaban J connectivity index is 2.29. The second-order valence-electron chi connectivity index (χ2n) is 3.95. The third kappa shape index (κ3) is 2.98. The van der Waals surface area contributed by atoms with Crippen molar-refractivity contribution < 1.29 is 8.60 Å². The Kier molecular flexibility index (Phi) is 3.93. The minimum absolute atomic E-state index is 0.0990. The molecule has 19 heavy (non-hydrogen) atoms. The molecule has 96 valence electrons. The van der Waals surface area contributed by atoms with Gasteiger partial charge in [0.15, 0.2) is 0 Å². The molecule has 0 aliphatic carbocycles. The summed E-state index contributed by atoms with van der Waals surface area (Å²) in [4.78, 5) is 0.0990. The van der Waals surface area contributed by atoms with E-state index in [0.717, 1.165) is 6.07 Å². The fourth-order valence-corrected chi connectivity index (χ4v) is 2.86. The van der Waals surface area contributed by atoms with E-state index in [1.54, 1.807) is 24.3 Å². The van der Waals surface area contributed by atoms with E-state index in [0.29, 0.717) is 11.1 Å². The van der Waals surface area contributed by atoms with E-state index in [1.165, 1.54) is 12.1 Å². The molecule has 0 aliphatic rings. The summed E-state index contributed by atoms with van der Waals surface area (Å²) in [5.74, 6) is -0.488. The highest BCUT2D eigenvalue weighted by Gasteiger charge is 2.12. The van der Waals surface area contributed by atoms with Gasteiger partial charge in [0.05, 0.1) is 33.1 Å². The first-order valence-corrected chi connectivity index (χ1v) is 6.85. The van der Waals surface area contributed by atoms with Crippen LogP contribution in [0.3, 0.4) is 0 Å². The van der Waals surface area contributed by atoms with Gasteiger partial charge < -0.3 is 5.73 Å². The standard InChI is InChI=1S/C14H11FN2OS/c15-13-7-12(17)5-6-14(13)19(18)9-11-4-2-1-3-10(11)8-16/h1-7H,9,17H2. The van der Waals surface area contributed by atoms with Crippen molar-refractivity contribution in [3.8, 4) is 6.07 Å². The maximum Gasteiger partial charge on any atom is 0.141 e. The van der Waals surface area contributed by atoms with Gasteiger partial charge in [-0.15, -0.1) is 0 Å². The second kappa shape index (κ2) is 5.63. The van der Waals surface area contributed by atoms with Crippen molar-refractivity contribution in [2.24, 2.45) is 0 Å². The zero-order valence-corrected chi connectivity index (χ0v) is 10.8. The number of hydrogen-bond donors (Lipinski definition) is 1. The van der Waals surface area contributed by atoms with Gasteiger partial charge in [-0.05, 0) is 29.8 Å². The van der Waals surface area contributed by atoms with Gasteiger partial charge in [0.1, 0.15) is 5.82 Å². The van der Waals surface area contributed by atoms with Gasteiger partial charge >= 0.3 is 0 Å². The number of nitrogen functional groups attached to an aromatic ring is 1. The molecule has 0 aromatic heterocycles. The summed E-state index contributed by atoms with van der Waals surface area (Å²) in [7, 11) is -1.55. The fourth-order valence-electron chi connectivity index (χ4n) is 1.68. The Morgan fingerprint density at radius 3 is 2.68 bits per heavy atom. The molecule has 2 aromatic carbocycles. The van der Waals surface area contributed by atoms with Crippen LogP contribution >= 0.6 is 0 Å². The minimum Gasteiger partial charge on any atom is -0.399 e. The van der Waals surface area contributed by atoms with Crippen molar-refractivity contribution in [2.75, 3.05) is 5.73 Å². The van der Waals surface area contributed by atoms with Crippen LogP contribution in [-0.4, -0.2) is 4.21 Å². The van der Waals surface area contributed by atoms with Crippen LogP contribution in [0, 0.1) is 17.1 Å². The normalized spacial score (nSPS) is 11.8. The summed E-state index contributed by atoms with van der Waals surface area (Å²) in [6.45, 7) is 0. The summed E-state index contributed by atoms with van der Waals surface area (Å²) in [5, 5.41) is 8.95. The molecule has 0 radical (unpaired) electrons. The molecule has 1 unspecified atom stereocenters. The van der Waals surface area contributed by atoms with Gasteiger partial charge in [-0.1, -0.05) is 18.2 Å². The Bertz CT molecular complexity index is 679. The highest BCUT2D eigenvalue weighted by molar-refractivity contribution is 7.84. The molecule has 0 amide bonds. The highest BCUT2D eigenvalue weighted by atomic mass is 32.2. The predicted octanol–water partition coefficient (Wildman–Crippen LogP) is 2.59. The zero-order valence-electron chi connectivity index (χ0n) is 9.97. The van der Waals surface area contributed by atoms with Crippen molar-refractivity contribution in [1.82, 2.24) is 0 Å². The summed E-state index contributed by atoms with van der Waals surface area (Å²) < 4.78 is 25.8. The first kappa shape index (κ1) is 13.2. The van der Waals surface area contributed by atoms with E-state index in [2.05, 4.69) is 0 Å². The molecular formula is C14H11FN2OS. The number of nitrogens with zero attached hydrogens (tertiary/aromatic N) is 1.